The van der Waals surface area contributed by atoms with Gasteiger partial charge >= 0.3 is 5.97 Å². The summed E-state index contributed by atoms with van der Waals surface area (Å²) in [6.07, 6.45) is -13.7. The number of aliphatic hydroxyl groups is 9. The van der Waals surface area contributed by atoms with Crippen molar-refractivity contribution in [1.29, 1.82) is 0 Å². The van der Waals surface area contributed by atoms with E-state index in [1.165, 1.54) is 12.5 Å². The first-order valence-electron chi connectivity index (χ1n) is 23.7. The molecule has 24 unspecified atom stereocenters. The van der Waals surface area contributed by atoms with Crippen LogP contribution in [0, 0.1) is 50.2 Å². The molecule has 8 fully saturated rings. The SMILES string of the molecule is CC1OC(OC2C(CO)OC(OC3CCC4(C)C(CCC5(C)C4CC=C4C6CC(C)(C)C7CC6(C(=O)O7)C(O)CC45C)C3(C)C)C(O)C2O)C(O)C(OC2OCC(O)C(O)C2O)C1O. The van der Waals surface area contributed by atoms with Crippen LogP contribution in [0.15, 0.2) is 11.6 Å². The normalized spacial score (nSPS) is 56.5. The van der Waals surface area contributed by atoms with Crippen LogP contribution >= 0.6 is 0 Å². The summed E-state index contributed by atoms with van der Waals surface area (Å²) in [6, 6.07) is 0. The van der Waals surface area contributed by atoms with Gasteiger partial charge in [-0.25, -0.2) is 0 Å². The lowest BCUT2D eigenvalue weighted by molar-refractivity contribution is -0.378. The Balaban J connectivity index is 0.891. The highest BCUT2D eigenvalue weighted by Crippen LogP contribution is 2.76. The second-order valence-electron chi connectivity index (χ2n) is 23.2. The van der Waals surface area contributed by atoms with E-state index in [2.05, 4.69) is 54.5 Å². The van der Waals surface area contributed by atoms with Crippen molar-refractivity contribution >= 4 is 5.97 Å². The van der Waals surface area contributed by atoms with E-state index in [-0.39, 0.29) is 58.1 Å². The fraction of sp³-hybridized carbons (Fsp3) is 0.936. The first-order chi connectivity index (χ1) is 29.9. The molecule has 64 heavy (non-hydrogen) atoms. The maximum Gasteiger partial charge on any atom is 0.315 e. The zero-order valence-corrected chi connectivity index (χ0v) is 38.5. The fourth-order valence-corrected chi connectivity index (χ4v) is 15.3. The van der Waals surface area contributed by atoms with E-state index in [1.807, 2.05) is 0 Å². The molecule has 24 atom stereocenters. The minimum Gasteiger partial charge on any atom is -0.461 e. The van der Waals surface area contributed by atoms with Crippen LogP contribution in [0.1, 0.15) is 107 Å². The maximum absolute atomic E-state index is 13.7. The zero-order chi connectivity index (χ0) is 46.4. The minimum atomic E-state index is -1.75. The Hall–Kier alpha value is -1.39. The number of carbonyl (C=O) groups excluding carboxylic acids is 1. The lowest BCUT2D eigenvalue weighted by Crippen LogP contribution is -2.68. The van der Waals surface area contributed by atoms with Gasteiger partial charge in [0.15, 0.2) is 18.9 Å². The van der Waals surface area contributed by atoms with Gasteiger partial charge in [0.05, 0.1) is 31.5 Å². The number of allylic oxidation sites excluding steroid dienone is 2. The van der Waals surface area contributed by atoms with Crippen molar-refractivity contribution in [2.45, 2.75) is 211 Å². The van der Waals surface area contributed by atoms with Gasteiger partial charge in [0.2, 0.25) is 0 Å². The van der Waals surface area contributed by atoms with Crippen LogP contribution in [0.3, 0.4) is 0 Å². The molecule has 0 amide bonds. The largest absolute Gasteiger partial charge is 0.461 e. The van der Waals surface area contributed by atoms with Crippen molar-refractivity contribution in [2.75, 3.05) is 13.2 Å². The van der Waals surface area contributed by atoms with Gasteiger partial charge in [0, 0.05) is 11.8 Å². The predicted molar refractivity (Wildman–Crippen MR) is 222 cm³/mol. The Kier molecular flexibility index (Phi) is 12.0. The molecule has 0 aromatic heterocycles. The Morgan fingerprint density at radius 3 is 2.09 bits per heavy atom. The highest BCUT2D eigenvalue weighted by Gasteiger charge is 2.74. The topological polar surface area (TPSA) is 264 Å². The lowest BCUT2D eigenvalue weighted by atomic mass is 9.33. The van der Waals surface area contributed by atoms with Gasteiger partial charge in [-0.3, -0.25) is 4.79 Å². The summed E-state index contributed by atoms with van der Waals surface area (Å²) in [5.41, 5.74) is -0.736. The van der Waals surface area contributed by atoms with Crippen molar-refractivity contribution in [2.24, 2.45) is 50.2 Å². The predicted octanol–water partition coefficient (Wildman–Crippen LogP) is 0.794. The molecule has 17 heteroatoms. The molecule has 364 valence electrons. The number of ether oxygens (including phenoxy) is 7. The number of carbonyl (C=O) groups is 1. The molecule has 0 aromatic rings. The maximum atomic E-state index is 13.7. The van der Waals surface area contributed by atoms with Crippen LogP contribution in [0.5, 0.6) is 0 Å². The van der Waals surface area contributed by atoms with Crippen LogP contribution in [0.25, 0.3) is 0 Å². The van der Waals surface area contributed by atoms with Gasteiger partial charge in [-0.15, -0.1) is 0 Å². The molecule has 5 aliphatic carbocycles. The van der Waals surface area contributed by atoms with Crippen LogP contribution in [0.4, 0.5) is 0 Å². The summed E-state index contributed by atoms with van der Waals surface area (Å²) in [4.78, 5) is 13.7. The average molecular weight is 911 g/mol. The summed E-state index contributed by atoms with van der Waals surface area (Å²) < 4.78 is 41.7. The highest BCUT2D eigenvalue weighted by molar-refractivity contribution is 5.82. The van der Waals surface area contributed by atoms with Crippen molar-refractivity contribution in [3.63, 3.8) is 0 Å². The highest BCUT2D eigenvalue weighted by atomic mass is 16.8. The molecule has 4 saturated heterocycles. The molecule has 2 bridgehead atoms. The Morgan fingerprint density at radius 2 is 1.39 bits per heavy atom. The average Bonchev–Trinajstić information content (AvgIpc) is 3.55. The van der Waals surface area contributed by atoms with Crippen molar-refractivity contribution in [1.82, 2.24) is 0 Å². The second-order valence-corrected chi connectivity index (χ2v) is 23.2. The second kappa shape index (κ2) is 16.1. The molecule has 17 nitrogen and oxygen atoms in total. The number of esters is 1. The third-order valence-electron chi connectivity index (χ3n) is 19.3. The van der Waals surface area contributed by atoms with E-state index in [1.54, 1.807) is 0 Å². The molecule has 4 saturated carbocycles. The number of hydrogen-bond acceptors (Lipinski definition) is 17. The number of aliphatic hydroxyl groups excluding tert-OH is 9. The van der Waals surface area contributed by atoms with Crippen LogP contribution in [0.2, 0.25) is 0 Å². The summed E-state index contributed by atoms with van der Waals surface area (Å²) in [7, 11) is 0. The van der Waals surface area contributed by atoms with Gasteiger partial charge in [0.25, 0.3) is 0 Å². The molecule has 0 radical (unpaired) electrons. The van der Waals surface area contributed by atoms with E-state index in [0.29, 0.717) is 19.3 Å². The summed E-state index contributed by atoms with van der Waals surface area (Å²) in [5.74, 6) is 0.192. The summed E-state index contributed by atoms with van der Waals surface area (Å²) >= 11 is 0. The first-order valence-corrected chi connectivity index (χ1v) is 23.7. The van der Waals surface area contributed by atoms with Crippen molar-refractivity contribution < 1.29 is 83.9 Å². The molecule has 9 aliphatic rings. The number of hydrogen-bond donors (Lipinski definition) is 9. The molecule has 0 aromatic carbocycles. The monoisotopic (exact) mass is 910 g/mol. The van der Waals surface area contributed by atoms with E-state index >= 15 is 0 Å². The quantitative estimate of drug-likeness (QED) is 0.0972. The van der Waals surface area contributed by atoms with Crippen molar-refractivity contribution in [3.05, 3.63) is 11.6 Å². The zero-order valence-electron chi connectivity index (χ0n) is 38.5. The summed E-state index contributed by atoms with van der Waals surface area (Å²) in [6.45, 7) is 16.4. The molecule has 9 N–H and O–H groups in total. The third-order valence-corrected chi connectivity index (χ3v) is 19.3. The Labute approximate surface area is 375 Å². The van der Waals surface area contributed by atoms with Gasteiger partial charge in [0.1, 0.15) is 72.6 Å². The first kappa shape index (κ1) is 47.7. The Bertz CT molecular complexity index is 1810. The fourth-order valence-electron chi connectivity index (χ4n) is 15.3. The molecule has 4 heterocycles. The van der Waals surface area contributed by atoms with Gasteiger partial charge in [-0.1, -0.05) is 60.1 Å². The van der Waals surface area contributed by atoms with E-state index < -0.39 is 116 Å². The third kappa shape index (κ3) is 6.75. The lowest BCUT2D eigenvalue weighted by Gasteiger charge is -2.71. The van der Waals surface area contributed by atoms with E-state index in [0.717, 1.165) is 32.1 Å². The minimum absolute atomic E-state index is 0.0668. The van der Waals surface area contributed by atoms with Gasteiger partial charge in [-0.05, 0) is 91.3 Å². The number of fused-ring (bicyclic) bond motifs is 7. The summed E-state index contributed by atoms with van der Waals surface area (Å²) in [5, 5.41) is 98.4. The smallest absolute Gasteiger partial charge is 0.315 e. The van der Waals surface area contributed by atoms with Crippen LogP contribution in [-0.4, -0.2) is 169 Å². The molecular weight excluding hydrogens is 837 g/mol. The molecule has 1 spiro atoms. The number of rotatable bonds is 7. The van der Waals surface area contributed by atoms with Gasteiger partial charge < -0.3 is 79.1 Å². The van der Waals surface area contributed by atoms with Gasteiger partial charge in [-0.2, -0.15) is 0 Å². The van der Waals surface area contributed by atoms with Crippen molar-refractivity contribution in [3.8, 4) is 0 Å². The Morgan fingerprint density at radius 1 is 0.719 bits per heavy atom. The van der Waals surface area contributed by atoms with Crippen LogP contribution < -0.4 is 0 Å². The molecule has 9 rings (SSSR count). The van der Waals surface area contributed by atoms with E-state index in [9.17, 15) is 50.8 Å². The standard InChI is InChI=1S/C47H74O17/c1-20-30(51)37(64-38-33(54)31(52)23(49)19-58-38)35(56)40(59-20)63-36-24(18-48)60-39(34(55)32(36)53)61-28-12-13-44(6)25(43(28,4)5)11-14-45(7)26(44)10-9-21-22-15-42(2,3)29-17-47(22,41(57)62-29)27(50)16-46(21,45)8/h9,20,22-40,48-56H,10-19H2,1-8H3. The van der Waals surface area contributed by atoms with Crippen LogP contribution in [-0.2, 0) is 38.0 Å². The molecule has 4 aliphatic heterocycles. The molecular formula is C47H74O17. The van der Waals surface area contributed by atoms with E-state index in [4.69, 9.17) is 33.2 Å².